The van der Waals surface area contributed by atoms with Crippen LogP contribution in [-0.2, 0) is 0 Å². The van der Waals surface area contributed by atoms with Gasteiger partial charge in [0.2, 0.25) is 0 Å². The number of aliphatic imine (C=N–C) groups is 2. The zero-order valence-corrected chi connectivity index (χ0v) is 6.51. The molecule has 0 spiro atoms. The Hall–Kier alpha value is 0.0700. The molecule has 0 fully saturated rings. The van der Waals surface area contributed by atoms with E-state index in [0.29, 0.717) is 0 Å². The molecule has 40 valence electrons. The van der Waals surface area contributed by atoms with Crippen LogP contribution in [-0.4, -0.2) is 17.1 Å². The summed E-state index contributed by atoms with van der Waals surface area (Å²) in [7, 11) is 1.70. The van der Waals surface area contributed by atoms with Gasteiger partial charge in [0.1, 0.15) is 6.34 Å². The molecule has 0 heterocycles. The van der Waals surface area contributed by atoms with Crippen molar-refractivity contribution in [1.29, 1.82) is 0 Å². The second kappa shape index (κ2) is 4.23. The van der Waals surface area contributed by atoms with E-state index < -0.39 is 0 Å². The van der Waals surface area contributed by atoms with Crippen molar-refractivity contribution in [3.8, 4) is 0 Å². The second-order valence-electron chi connectivity index (χ2n) is 1.000. The summed E-state index contributed by atoms with van der Waals surface area (Å²) >= 11 is 2.12. The Labute approximate surface area is 56.9 Å². The summed E-state index contributed by atoms with van der Waals surface area (Å²) in [4.78, 5) is 7.51. The van der Waals surface area contributed by atoms with Gasteiger partial charge in [-0.15, -0.1) is 0 Å². The van der Waals surface area contributed by atoms with Crippen LogP contribution in [0.3, 0.4) is 0 Å². The van der Waals surface area contributed by atoms with Gasteiger partial charge < -0.3 is 0 Å². The second-order valence-corrected chi connectivity index (χ2v) is 2.56. The summed E-state index contributed by atoms with van der Waals surface area (Å²) in [6.45, 7) is 1.92. The summed E-state index contributed by atoms with van der Waals surface area (Å²) < 4.78 is 1.00. The highest BCUT2D eigenvalue weighted by Gasteiger charge is 1.70. The van der Waals surface area contributed by atoms with Crippen LogP contribution in [0.5, 0.6) is 0 Å². The highest BCUT2D eigenvalue weighted by Crippen LogP contribution is 1.84. The lowest BCUT2D eigenvalue weighted by Crippen LogP contribution is -1.72. The van der Waals surface area contributed by atoms with Crippen LogP contribution < -0.4 is 0 Å². The summed E-state index contributed by atoms with van der Waals surface area (Å²) in [6.07, 6.45) is 1.53. The lowest BCUT2D eigenvalue weighted by atomic mass is 10.9. The number of nitrogens with zero attached hydrogens (tertiary/aromatic N) is 2. The Morgan fingerprint density at radius 2 is 2.29 bits per heavy atom. The molecule has 3 heteroatoms. The Morgan fingerprint density at radius 3 is 2.43 bits per heavy atom. The van der Waals surface area contributed by atoms with Gasteiger partial charge in [-0.05, 0) is 29.5 Å². The molecule has 0 saturated carbocycles. The van der Waals surface area contributed by atoms with Crippen molar-refractivity contribution in [2.75, 3.05) is 7.05 Å². The Morgan fingerprint density at radius 1 is 1.71 bits per heavy atom. The van der Waals surface area contributed by atoms with E-state index in [1.54, 1.807) is 7.05 Å². The molecule has 0 bridgehead atoms. The summed E-state index contributed by atoms with van der Waals surface area (Å²) in [5.74, 6) is 0. The van der Waals surface area contributed by atoms with Crippen LogP contribution in [0.25, 0.3) is 0 Å². The monoisotopic (exact) mass is 210 g/mol. The van der Waals surface area contributed by atoms with Crippen molar-refractivity contribution in [2.24, 2.45) is 9.98 Å². The van der Waals surface area contributed by atoms with E-state index in [1.165, 1.54) is 6.34 Å². The van der Waals surface area contributed by atoms with Gasteiger partial charge in [-0.25, -0.2) is 4.99 Å². The number of hydrogen-bond donors (Lipinski definition) is 0. The lowest BCUT2D eigenvalue weighted by Gasteiger charge is -1.75. The van der Waals surface area contributed by atoms with Gasteiger partial charge in [0, 0.05) is 7.05 Å². The SMILES string of the molecule is CN=CN=C(C)I. The highest BCUT2D eigenvalue weighted by atomic mass is 127. The third kappa shape index (κ3) is 6.07. The molecule has 0 rings (SSSR count). The quantitative estimate of drug-likeness (QED) is 0.356. The maximum Gasteiger partial charge on any atom is 0.110 e. The van der Waals surface area contributed by atoms with Crippen LogP contribution in [0.15, 0.2) is 9.98 Å². The number of halogens is 1. The van der Waals surface area contributed by atoms with Crippen LogP contribution >= 0.6 is 22.6 Å². The van der Waals surface area contributed by atoms with Crippen LogP contribution in [0.2, 0.25) is 0 Å². The molecule has 0 aromatic carbocycles. The predicted molar refractivity (Wildman–Crippen MR) is 41.5 cm³/mol. The Balaban J connectivity index is 3.46. The van der Waals surface area contributed by atoms with E-state index in [9.17, 15) is 0 Å². The summed E-state index contributed by atoms with van der Waals surface area (Å²) in [5.41, 5.74) is 0. The van der Waals surface area contributed by atoms with Crippen LogP contribution in [0.4, 0.5) is 0 Å². The Kier molecular flexibility index (Phi) is 4.28. The first-order valence-electron chi connectivity index (χ1n) is 1.88. The van der Waals surface area contributed by atoms with E-state index >= 15 is 0 Å². The molecule has 0 saturated heterocycles. The molecule has 7 heavy (non-hydrogen) atoms. The summed E-state index contributed by atoms with van der Waals surface area (Å²) in [6, 6.07) is 0. The zero-order chi connectivity index (χ0) is 5.70. The first kappa shape index (κ1) is 7.07. The first-order valence-corrected chi connectivity index (χ1v) is 2.95. The van der Waals surface area contributed by atoms with Gasteiger partial charge in [0.25, 0.3) is 0 Å². The Bertz CT molecular complexity index is 91.9. The molecular weight excluding hydrogens is 203 g/mol. The standard InChI is InChI=1S/C4H7IN2/c1-4(5)7-3-6-2/h3H,1-2H3. The zero-order valence-electron chi connectivity index (χ0n) is 4.35. The van der Waals surface area contributed by atoms with Crippen molar-refractivity contribution in [3.05, 3.63) is 0 Å². The van der Waals surface area contributed by atoms with Gasteiger partial charge in [-0.1, -0.05) is 0 Å². The molecule has 0 atom stereocenters. The molecular formula is C4H7IN2. The highest BCUT2D eigenvalue weighted by molar-refractivity contribution is 14.1. The normalized spacial score (nSPS) is 13.3. The topological polar surface area (TPSA) is 24.7 Å². The molecule has 2 nitrogen and oxygen atoms in total. The van der Waals surface area contributed by atoms with Crippen molar-refractivity contribution in [3.63, 3.8) is 0 Å². The molecule has 0 aliphatic rings. The minimum absolute atomic E-state index is 1.00. The van der Waals surface area contributed by atoms with Crippen molar-refractivity contribution in [1.82, 2.24) is 0 Å². The molecule has 0 aliphatic heterocycles. The fourth-order valence-corrected chi connectivity index (χ4v) is 0.262. The largest absolute Gasteiger partial charge is 0.277 e. The van der Waals surface area contributed by atoms with Crippen molar-refractivity contribution < 1.29 is 0 Å². The van der Waals surface area contributed by atoms with E-state index in [2.05, 4.69) is 32.6 Å². The summed E-state index contributed by atoms with van der Waals surface area (Å²) in [5, 5.41) is 0. The third-order valence-corrected chi connectivity index (χ3v) is 0.630. The predicted octanol–water partition coefficient (Wildman–Crippen LogP) is 1.50. The van der Waals surface area contributed by atoms with Gasteiger partial charge in [0.15, 0.2) is 0 Å². The van der Waals surface area contributed by atoms with Gasteiger partial charge in [0.05, 0.1) is 3.72 Å². The average Bonchev–Trinajstić information content (AvgIpc) is 1.61. The third-order valence-electron chi connectivity index (χ3n) is 0.351. The minimum Gasteiger partial charge on any atom is -0.277 e. The fraction of sp³-hybridized carbons (Fsp3) is 0.500. The maximum absolute atomic E-state index is 3.85. The first-order chi connectivity index (χ1) is 3.27. The average molecular weight is 210 g/mol. The number of rotatable bonds is 1. The van der Waals surface area contributed by atoms with Crippen LogP contribution in [0.1, 0.15) is 6.92 Å². The van der Waals surface area contributed by atoms with Crippen LogP contribution in [0, 0.1) is 0 Å². The molecule has 0 aromatic heterocycles. The van der Waals surface area contributed by atoms with E-state index in [1.807, 2.05) is 6.92 Å². The van der Waals surface area contributed by atoms with Gasteiger partial charge in [-0.3, -0.25) is 4.99 Å². The molecule has 0 aromatic rings. The fourth-order valence-electron chi connectivity index (χ4n) is 0.137. The van der Waals surface area contributed by atoms with Crippen molar-refractivity contribution >= 4 is 32.6 Å². The number of hydrogen-bond acceptors (Lipinski definition) is 1. The minimum atomic E-state index is 1.00. The molecule has 0 unspecified atom stereocenters. The smallest absolute Gasteiger partial charge is 0.110 e. The van der Waals surface area contributed by atoms with Crippen molar-refractivity contribution in [2.45, 2.75) is 6.92 Å². The van der Waals surface area contributed by atoms with E-state index in [0.717, 1.165) is 3.72 Å². The maximum atomic E-state index is 3.85. The lowest BCUT2D eigenvalue weighted by molar-refractivity contribution is 1.45. The van der Waals surface area contributed by atoms with E-state index in [4.69, 9.17) is 0 Å². The molecule has 0 aliphatic carbocycles. The van der Waals surface area contributed by atoms with E-state index in [-0.39, 0.29) is 0 Å². The van der Waals surface area contributed by atoms with Gasteiger partial charge >= 0.3 is 0 Å². The molecule has 0 amide bonds. The van der Waals surface area contributed by atoms with Gasteiger partial charge in [-0.2, -0.15) is 0 Å². The molecule has 0 N–H and O–H groups in total. The molecule has 0 radical (unpaired) electrons.